The zero-order chi connectivity index (χ0) is 32.0. The van der Waals surface area contributed by atoms with Crippen molar-refractivity contribution in [2.24, 2.45) is 5.73 Å². The van der Waals surface area contributed by atoms with Gasteiger partial charge in [0.15, 0.2) is 5.96 Å². The van der Waals surface area contributed by atoms with E-state index in [4.69, 9.17) is 20.6 Å². The van der Waals surface area contributed by atoms with Crippen LogP contribution in [0.15, 0.2) is 0 Å². The normalized spacial score (nSPS) is 11.3. The fourth-order valence-electron chi connectivity index (χ4n) is 3.72. The highest BCUT2D eigenvalue weighted by Gasteiger charge is 2.22. The lowest BCUT2D eigenvalue weighted by atomic mass is 10.1. The third-order valence-corrected chi connectivity index (χ3v) is 5.69. The minimum absolute atomic E-state index is 0.00372. The number of carbonyl (C=O) groups excluding carboxylic acids is 4. The number of guanidine groups is 1. The topological polar surface area (TPSA) is 188 Å². The quantitative estimate of drug-likeness (QED) is 0.0698. The molecule has 0 heterocycles. The van der Waals surface area contributed by atoms with E-state index < -0.39 is 23.4 Å². The van der Waals surface area contributed by atoms with Gasteiger partial charge in [0, 0.05) is 39.1 Å². The van der Waals surface area contributed by atoms with Crippen molar-refractivity contribution in [3.05, 3.63) is 0 Å². The molecule has 0 aliphatic carbocycles. The molecule has 0 fully saturated rings. The van der Waals surface area contributed by atoms with E-state index in [1.165, 1.54) is 0 Å². The van der Waals surface area contributed by atoms with Gasteiger partial charge >= 0.3 is 12.2 Å². The molecule has 0 rings (SSSR count). The average molecular weight is 600 g/mol. The smallest absolute Gasteiger partial charge is 0.410 e. The summed E-state index contributed by atoms with van der Waals surface area (Å²) in [5.41, 5.74) is 4.03. The number of alkyl carbamates (subject to hydrolysis) is 1. The zero-order valence-corrected chi connectivity index (χ0v) is 26.8. The first kappa shape index (κ1) is 38.8. The summed E-state index contributed by atoms with van der Waals surface area (Å²) >= 11 is 0. The van der Waals surface area contributed by atoms with Gasteiger partial charge in [0.2, 0.25) is 11.8 Å². The van der Waals surface area contributed by atoms with E-state index in [0.717, 1.165) is 38.5 Å². The van der Waals surface area contributed by atoms with Gasteiger partial charge in [-0.15, -0.1) is 0 Å². The van der Waals surface area contributed by atoms with Gasteiger partial charge in [-0.3, -0.25) is 15.0 Å². The van der Waals surface area contributed by atoms with Crippen molar-refractivity contribution in [3.8, 4) is 0 Å². The minimum Gasteiger partial charge on any atom is -0.444 e. The molecule has 0 aromatic rings. The molecular weight excluding hydrogens is 542 g/mol. The molecule has 0 unspecified atom stereocenters. The molecule has 4 amide bonds. The van der Waals surface area contributed by atoms with Crippen LogP contribution in [0.3, 0.4) is 0 Å². The SMILES string of the molecule is CC(C)(C)OC(=O)NCCCN(CCCCNC(=O)CNC(=O)CCCCCCCCNC(=N)N)C(=O)OC(C)(C)C. The van der Waals surface area contributed by atoms with E-state index in [1.54, 1.807) is 25.7 Å². The molecule has 13 nitrogen and oxygen atoms in total. The third-order valence-electron chi connectivity index (χ3n) is 5.69. The van der Waals surface area contributed by atoms with Crippen LogP contribution in [0.5, 0.6) is 0 Å². The molecule has 0 aromatic carbocycles. The van der Waals surface area contributed by atoms with Crippen LogP contribution in [0.25, 0.3) is 0 Å². The molecule has 42 heavy (non-hydrogen) atoms. The van der Waals surface area contributed by atoms with Crippen molar-refractivity contribution >= 4 is 30.0 Å². The van der Waals surface area contributed by atoms with Crippen LogP contribution in [0, 0.1) is 5.41 Å². The summed E-state index contributed by atoms with van der Waals surface area (Å²) in [6.07, 6.45) is 7.19. The summed E-state index contributed by atoms with van der Waals surface area (Å²) in [6.45, 7) is 13.1. The van der Waals surface area contributed by atoms with Gasteiger partial charge in [0.1, 0.15) is 11.2 Å². The molecule has 0 bridgehead atoms. The molecule has 0 spiro atoms. The molecule has 244 valence electrons. The number of amides is 4. The van der Waals surface area contributed by atoms with Crippen molar-refractivity contribution < 1.29 is 28.7 Å². The molecular formula is C29H57N7O6. The number of unbranched alkanes of at least 4 members (excludes halogenated alkanes) is 6. The second-order valence-electron chi connectivity index (χ2n) is 12.3. The molecule has 0 aromatic heterocycles. The number of nitrogens with zero attached hydrogens (tertiary/aromatic N) is 1. The summed E-state index contributed by atoms with van der Waals surface area (Å²) in [7, 11) is 0. The monoisotopic (exact) mass is 599 g/mol. The molecule has 7 N–H and O–H groups in total. The van der Waals surface area contributed by atoms with Crippen LogP contribution in [-0.4, -0.2) is 85.3 Å². The Morgan fingerprint density at radius 1 is 0.643 bits per heavy atom. The highest BCUT2D eigenvalue weighted by molar-refractivity contribution is 5.84. The maximum atomic E-state index is 12.6. The Balaban J connectivity index is 4.13. The lowest BCUT2D eigenvalue weighted by molar-refractivity contribution is -0.126. The fourth-order valence-corrected chi connectivity index (χ4v) is 3.72. The van der Waals surface area contributed by atoms with Crippen LogP contribution in [-0.2, 0) is 19.1 Å². The Kier molecular flexibility index (Phi) is 19.8. The third kappa shape index (κ3) is 25.7. The lowest BCUT2D eigenvalue weighted by Gasteiger charge is -2.27. The lowest BCUT2D eigenvalue weighted by Crippen LogP contribution is -2.40. The van der Waals surface area contributed by atoms with Crippen LogP contribution >= 0.6 is 0 Å². The molecule has 0 aliphatic rings. The van der Waals surface area contributed by atoms with Crippen molar-refractivity contribution in [1.29, 1.82) is 5.41 Å². The van der Waals surface area contributed by atoms with Gasteiger partial charge in [-0.1, -0.05) is 25.7 Å². The highest BCUT2D eigenvalue weighted by atomic mass is 16.6. The zero-order valence-electron chi connectivity index (χ0n) is 26.8. The second kappa shape index (κ2) is 21.5. The average Bonchev–Trinajstić information content (AvgIpc) is 2.85. The van der Waals surface area contributed by atoms with Crippen molar-refractivity contribution in [2.75, 3.05) is 39.3 Å². The summed E-state index contributed by atoms with van der Waals surface area (Å²) in [6, 6.07) is 0. The van der Waals surface area contributed by atoms with Gasteiger partial charge in [-0.05, 0) is 73.6 Å². The van der Waals surface area contributed by atoms with Crippen molar-refractivity contribution in [1.82, 2.24) is 26.2 Å². The summed E-state index contributed by atoms with van der Waals surface area (Å²) in [5.74, 6) is -0.388. The number of hydrogen-bond acceptors (Lipinski definition) is 7. The summed E-state index contributed by atoms with van der Waals surface area (Å²) < 4.78 is 10.7. The highest BCUT2D eigenvalue weighted by Crippen LogP contribution is 2.11. The maximum Gasteiger partial charge on any atom is 0.410 e. The Morgan fingerprint density at radius 3 is 1.79 bits per heavy atom. The molecule has 0 saturated carbocycles. The molecule has 0 saturated heterocycles. The Hall–Kier alpha value is -3.25. The van der Waals surface area contributed by atoms with Gasteiger partial charge in [0.05, 0.1) is 6.54 Å². The standard InChI is InChI=1S/C29H57N7O6/c1-28(2,3)41-26(39)34-19-15-21-36(27(40)42-29(4,5)6)20-14-13-17-32-24(38)22-35-23(37)16-11-9-7-8-10-12-18-33-25(30)31/h7-22H2,1-6H3,(H,32,38)(H,34,39)(H,35,37)(H4,30,31,33). The minimum atomic E-state index is -0.627. The van der Waals surface area contributed by atoms with Crippen LogP contribution < -0.4 is 27.0 Å². The first-order valence-electron chi connectivity index (χ1n) is 15.1. The molecule has 13 heteroatoms. The summed E-state index contributed by atoms with van der Waals surface area (Å²) in [5, 5.41) is 18.0. The molecule has 0 radical (unpaired) electrons. The molecule has 0 aliphatic heterocycles. The van der Waals surface area contributed by atoms with Gasteiger partial charge < -0.3 is 41.4 Å². The van der Waals surface area contributed by atoms with Crippen LogP contribution in [0.4, 0.5) is 9.59 Å². The van der Waals surface area contributed by atoms with E-state index in [1.807, 2.05) is 20.8 Å². The number of rotatable bonds is 20. The first-order chi connectivity index (χ1) is 19.6. The Morgan fingerprint density at radius 2 is 1.17 bits per heavy atom. The predicted molar refractivity (Wildman–Crippen MR) is 164 cm³/mol. The molecule has 0 atom stereocenters. The van der Waals surface area contributed by atoms with Gasteiger partial charge in [0.25, 0.3) is 0 Å². The van der Waals surface area contributed by atoms with E-state index >= 15 is 0 Å². The van der Waals surface area contributed by atoms with Crippen molar-refractivity contribution in [3.63, 3.8) is 0 Å². The number of nitrogens with two attached hydrogens (primary N) is 1. The van der Waals surface area contributed by atoms with Crippen LogP contribution in [0.2, 0.25) is 0 Å². The first-order valence-corrected chi connectivity index (χ1v) is 15.1. The summed E-state index contributed by atoms with van der Waals surface area (Å²) in [4.78, 5) is 50.2. The van der Waals surface area contributed by atoms with Crippen LogP contribution in [0.1, 0.15) is 106 Å². The van der Waals surface area contributed by atoms with E-state index in [2.05, 4.69) is 21.3 Å². The van der Waals surface area contributed by atoms with Gasteiger partial charge in [-0.25, -0.2) is 9.59 Å². The number of carbonyl (C=O) groups is 4. The van der Waals surface area contributed by atoms with Gasteiger partial charge in [-0.2, -0.15) is 0 Å². The van der Waals surface area contributed by atoms with Crippen molar-refractivity contribution in [2.45, 2.75) is 117 Å². The predicted octanol–water partition coefficient (Wildman–Crippen LogP) is 3.36. The maximum absolute atomic E-state index is 12.6. The Labute approximate surface area is 252 Å². The van der Waals surface area contributed by atoms with E-state index in [9.17, 15) is 19.2 Å². The largest absolute Gasteiger partial charge is 0.444 e. The number of hydrogen-bond donors (Lipinski definition) is 6. The second-order valence-corrected chi connectivity index (χ2v) is 12.3. The number of nitrogens with one attached hydrogen (secondary N) is 5. The van der Waals surface area contributed by atoms with E-state index in [0.29, 0.717) is 58.4 Å². The number of ether oxygens (including phenoxy) is 2. The Bertz CT molecular complexity index is 824. The van der Waals surface area contributed by atoms with E-state index in [-0.39, 0.29) is 24.3 Å². The fraction of sp³-hybridized carbons (Fsp3) is 0.828.